The van der Waals surface area contributed by atoms with Crippen molar-refractivity contribution in [2.24, 2.45) is 0 Å². The lowest BCUT2D eigenvalue weighted by Gasteiger charge is -2.26. The van der Waals surface area contributed by atoms with Crippen LogP contribution in [0.4, 0.5) is 52.1 Å². The zero-order valence-electron chi connectivity index (χ0n) is 21.9. The summed E-state index contributed by atoms with van der Waals surface area (Å²) in [6, 6.07) is 8.49. The number of carbonyl (C=O) groups is 1. The Morgan fingerprint density at radius 2 is 1.79 bits per heavy atom. The van der Waals surface area contributed by atoms with Crippen LogP contribution in [0.15, 0.2) is 55.3 Å². The number of para-hydroxylation sites is 1. The van der Waals surface area contributed by atoms with Gasteiger partial charge in [-0.2, -0.15) is 18.2 Å². The first-order valence-corrected chi connectivity index (χ1v) is 11.7. The summed E-state index contributed by atoms with van der Waals surface area (Å²) in [5, 5.41) is 7.97. The van der Waals surface area contributed by atoms with E-state index in [-0.39, 0.29) is 17.3 Å². The number of hydrogen-bond donors (Lipinski definition) is 3. The van der Waals surface area contributed by atoms with E-state index < -0.39 is 29.3 Å². The van der Waals surface area contributed by atoms with Crippen molar-refractivity contribution in [3.05, 3.63) is 66.6 Å². The van der Waals surface area contributed by atoms with E-state index in [4.69, 9.17) is 4.74 Å². The zero-order chi connectivity index (χ0) is 28.7. The van der Waals surface area contributed by atoms with Gasteiger partial charge in [0.1, 0.15) is 22.9 Å². The van der Waals surface area contributed by atoms with Crippen LogP contribution in [0.3, 0.4) is 0 Å². The molecule has 0 aliphatic heterocycles. The molecule has 208 valence electrons. The van der Waals surface area contributed by atoms with Crippen LogP contribution in [-0.4, -0.2) is 62.1 Å². The Bertz CT molecular complexity index is 1330. The maximum absolute atomic E-state index is 14.2. The topological polar surface area (TPSA) is 94.6 Å². The summed E-state index contributed by atoms with van der Waals surface area (Å²) >= 11 is 0. The van der Waals surface area contributed by atoms with E-state index in [1.165, 1.54) is 25.3 Å². The third kappa shape index (κ3) is 7.57. The second-order valence-electron chi connectivity index (χ2n) is 8.67. The van der Waals surface area contributed by atoms with Gasteiger partial charge in [-0.05, 0) is 38.4 Å². The number of likely N-dealkylation sites (N-methyl/N-ethyl adjacent to an activating group) is 2. The van der Waals surface area contributed by atoms with Gasteiger partial charge < -0.3 is 30.5 Å². The molecule has 39 heavy (non-hydrogen) atoms. The molecule has 0 unspecified atom stereocenters. The lowest BCUT2D eigenvalue weighted by atomic mass is 10.2. The largest absolute Gasteiger partial charge is 0.494 e. The average molecular weight is 548 g/mol. The van der Waals surface area contributed by atoms with Gasteiger partial charge in [-0.1, -0.05) is 18.7 Å². The highest BCUT2D eigenvalue weighted by molar-refractivity contribution is 6.02. The van der Waals surface area contributed by atoms with Crippen molar-refractivity contribution in [1.29, 1.82) is 0 Å². The number of aromatic nitrogens is 2. The highest BCUT2D eigenvalue weighted by atomic mass is 19.4. The number of amides is 1. The molecule has 0 radical (unpaired) electrons. The Morgan fingerprint density at radius 3 is 2.41 bits per heavy atom. The molecule has 0 atom stereocenters. The fourth-order valence-electron chi connectivity index (χ4n) is 3.46. The normalized spacial score (nSPS) is 11.2. The van der Waals surface area contributed by atoms with Crippen LogP contribution < -0.4 is 25.6 Å². The number of halogens is 4. The molecule has 0 saturated heterocycles. The van der Waals surface area contributed by atoms with Crippen molar-refractivity contribution >= 4 is 40.4 Å². The summed E-state index contributed by atoms with van der Waals surface area (Å²) in [4.78, 5) is 23.8. The van der Waals surface area contributed by atoms with E-state index in [2.05, 4.69) is 32.5 Å². The highest BCUT2D eigenvalue weighted by Gasteiger charge is 2.35. The van der Waals surface area contributed by atoms with Crippen molar-refractivity contribution < 1.29 is 27.1 Å². The standard InChI is InChI=1S/C26H29F4N7O2/c1-6-23(38)32-19-13-20(22(39-5)14-21(19)37(4)12-11-36(2)3)34-25-31-15-16(26(28,29)30)24(35-25)33-18-10-8-7-9-17(18)27/h6-10,13-15H,1,11-12H2,2-5H3,(H,32,38)(H2,31,33,34,35). The van der Waals surface area contributed by atoms with Crippen LogP contribution >= 0.6 is 0 Å². The summed E-state index contributed by atoms with van der Waals surface area (Å²) in [5.74, 6) is -1.78. The maximum Gasteiger partial charge on any atom is 0.421 e. The van der Waals surface area contributed by atoms with Crippen LogP contribution in [0.25, 0.3) is 0 Å². The molecule has 1 aromatic heterocycles. The number of rotatable bonds is 11. The van der Waals surface area contributed by atoms with Gasteiger partial charge in [0.25, 0.3) is 0 Å². The number of alkyl halides is 3. The van der Waals surface area contributed by atoms with Crippen molar-refractivity contribution in [2.45, 2.75) is 6.18 Å². The molecular formula is C26H29F4N7O2. The van der Waals surface area contributed by atoms with Crippen molar-refractivity contribution in [2.75, 3.05) is 62.2 Å². The van der Waals surface area contributed by atoms with Crippen LogP contribution in [0.1, 0.15) is 5.56 Å². The van der Waals surface area contributed by atoms with Crippen molar-refractivity contribution in [3.8, 4) is 5.75 Å². The molecule has 0 aliphatic carbocycles. The van der Waals surface area contributed by atoms with Gasteiger partial charge in [0.05, 0.1) is 29.9 Å². The average Bonchev–Trinajstić information content (AvgIpc) is 2.88. The molecule has 0 aliphatic rings. The van der Waals surface area contributed by atoms with Crippen LogP contribution in [0.2, 0.25) is 0 Å². The van der Waals surface area contributed by atoms with Crippen molar-refractivity contribution in [3.63, 3.8) is 0 Å². The van der Waals surface area contributed by atoms with E-state index in [1.807, 2.05) is 30.9 Å². The molecule has 3 N–H and O–H groups in total. The minimum atomic E-state index is -4.80. The Morgan fingerprint density at radius 1 is 1.08 bits per heavy atom. The molecule has 9 nitrogen and oxygen atoms in total. The quantitative estimate of drug-likeness (QED) is 0.221. The monoisotopic (exact) mass is 547 g/mol. The summed E-state index contributed by atoms with van der Waals surface area (Å²) in [6.07, 6.45) is -3.10. The van der Waals surface area contributed by atoms with Crippen LogP contribution in [0.5, 0.6) is 5.75 Å². The Balaban J connectivity index is 2.04. The fourth-order valence-corrected chi connectivity index (χ4v) is 3.46. The summed E-state index contributed by atoms with van der Waals surface area (Å²) < 4.78 is 60.6. The van der Waals surface area contributed by atoms with Gasteiger partial charge in [0.15, 0.2) is 0 Å². The predicted octanol–water partition coefficient (Wildman–Crippen LogP) is 5.25. The fraction of sp³-hybridized carbons (Fsp3) is 0.269. The van der Waals surface area contributed by atoms with Gasteiger partial charge >= 0.3 is 6.18 Å². The van der Waals surface area contributed by atoms with Crippen LogP contribution in [0, 0.1) is 5.82 Å². The minimum absolute atomic E-state index is 0.190. The second kappa shape index (κ2) is 12.4. The van der Waals surface area contributed by atoms with Gasteiger partial charge in [-0.15, -0.1) is 0 Å². The molecule has 1 heterocycles. The zero-order valence-corrected chi connectivity index (χ0v) is 21.9. The molecule has 3 aromatic rings. The predicted molar refractivity (Wildman–Crippen MR) is 144 cm³/mol. The number of methoxy groups -OCH3 is 1. The van der Waals surface area contributed by atoms with Gasteiger partial charge in [0.2, 0.25) is 11.9 Å². The van der Waals surface area contributed by atoms with E-state index in [0.29, 0.717) is 29.9 Å². The van der Waals surface area contributed by atoms with Gasteiger partial charge in [0, 0.05) is 32.4 Å². The van der Waals surface area contributed by atoms with Crippen LogP contribution in [-0.2, 0) is 11.0 Å². The lowest BCUT2D eigenvalue weighted by Crippen LogP contribution is -2.29. The molecule has 0 bridgehead atoms. The van der Waals surface area contributed by atoms with Crippen molar-refractivity contribution in [1.82, 2.24) is 14.9 Å². The molecule has 0 saturated carbocycles. The number of nitrogens with zero attached hydrogens (tertiary/aromatic N) is 4. The third-order valence-corrected chi connectivity index (χ3v) is 5.52. The summed E-state index contributed by atoms with van der Waals surface area (Å²) in [5.41, 5.74) is -0.0890. The van der Waals surface area contributed by atoms with E-state index in [0.717, 1.165) is 18.7 Å². The first-order chi connectivity index (χ1) is 18.4. The first kappa shape index (κ1) is 29.2. The molecule has 0 fully saturated rings. The maximum atomic E-state index is 14.2. The van der Waals surface area contributed by atoms with Gasteiger partial charge in [-0.25, -0.2) is 9.37 Å². The molecule has 3 rings (SSSR count). The van der Waals surface area contributed by atoms with E-state index in [9.17, 15) is 22.4 Å². The van der Waals surface area contributed by atoms with E-state index >= 15 is 0 Å². The minimum Gasteiger partial charge on any atom is -0.494 e. The first-order valence-electron chi connectivity index (χ1n) is 11.7. The number of hydrogen-bond acceptors (Lipinski definition) is 8. The van der Waals surface area contributed by atoms with E-state index in [1.54, 1.807) is 12.1 Å². The second-order valence-corrected chi connectivity index (χ2v) is 8.67. The molecular weight excluding hydrogens is 518 g/mol. The smallest absolute Gasteiger partial charge is 0.421 e. The number of carbonyl (C=O) groups excluding carboxylic acids is 1. The Hall–Kier alpha value is -4.39. The summed E-state index contributed by atoms with van der Waals surface area (Å²) in [6.45, 7) is 4.82. The number of anilines is 6. The molecule has 13 heteroatoms. The SMILES string of the molecule is C=CC(=O)Nc1cc(Nc2ncc(C(F)(F)F)c(Nc3ccccc3F)n2)c(OC)cc1N(C)CCN(C)C. The molecule has 0 spiro atoms. The Kier molecular flexibility index (Phi) is 9.30. The molecule has 2 aromatic carbocycles. The molecule has 1 amide bonds. The third-order valence-electron chi connectivity index (χ3n) is 5.52. The lowest BCUT2D eigenvalue weighted by molar-refractivity contribution is -0.137. The summed E-state index contributed by atoms with van der Waals surface area (Å²) in [7, 11) is 7.13. The Labute approximate surface area is 223 Å². The number of ether oxygens (including phenoxy) is 1. The van der Waals surface area contributed by atoms with Gasteiger partial charge in [-0.3, -0.25) is 4.79 Å². The number of benzene rings is 2. The number of nitrogens with one attached hydrogen (secondary N) is 3. The highest BCUT2D eigenvalue weighted by Crippen LogP contribution is 2.39.